The minimum absolute atomic E-state index is 0.521. The fourth-order valence-electron chi connectivity index (χ4n) is 1.55. The Hall–Kier alpha value is -0.980. The molecule has 92 valence electrons. The highest BCUT2D eigenvalue weighted by atomic mass is 32.1. The first kappa shape index (κ1) is 12.5. The van der Waals surface area contributed by atoms with Gasteiger partial charge in [-0.05, 0) is 12.8 Å². The van der Waals surface area contributed by atoms with Crippen LogP contribution in [0.4, 0.5) is 5.13 Å². The number of rotatable bonds is 5. The van der Waals surface area contributed by atoms with E-state index in [2.05, 4.69) is 16.9 Å². The maximum absolute atomic E-state index is 5.67. The number of aryl methyl sites for hydroxylation is 1. The molecule has 0 aromatic carbocycles. The van der Waals surface area contributed by atoms with Gasteiger partial charge in [-0.25, -0.2) is 9.97 Å². The lowest BCUT2D eigenvalue weighted by Gasteiger charge is -1.96. The molecule has 0 amide bonds. The zero-order valence-electron chi connectivity index (χ0n) is 9.90. The molecule has 2 rings (SSSR count). The standard InChI is InChI=1S/C11H15N3OS2/c1-3-4-9-13-7(5-15-2)10(17-9)8-6-16-11(12)14-8/h6H,3-5H2,1-2H3,(H2,12,14). The largest absolute Gasteiger partial charge is 0.378 e. The molecule has 2 aromatic rings. The number of hydrogen-bond donors (Lipinski definition) is 1. The summed E-state index contributed by atoms with van der Waals surface area (Å²) in [5, 5.41) is 3.70. The molecule has 0 saturated carbocycles. The molecule has 0 spiro atoms. The molecule has 6 heteroatoms. The van der Waals surface area contributed by atoms with Gasteiger partial charge in [0.15, 0.2) is 5.13 Å². The van der Waals surface area contributed by atoms with Crippen LogP contribution in [0.5, 0.6) is 0 Å². The molecule has 0 saturated heterocycles. The Labute approximate surface area is 108 Å². The van der Waals surface area contributed by atoms with Crippen LogP contribution in [0, 0.1) is 0 Å². The van der Waals surface area contributed by atoms with E-state index in [0.29, 0.717) is 11.7 Å². The summed E-state index contributed by atoms with van der Waals surface area (Å²) in [6, 6.07) is 0. The summed E-state index contributed by atoms with van der Waals surface area (Å²) in [6.07, 6.45) is 2.10. The Morgan fingerprint density at radius 2 is 2.24 bits per heavy atom. The molecule has 0 aliphatic carbocycles. The number of thiazole rings is 2. The maximum atomic E-state index is 5.67. The third-order valence-electron chi connectivity index (χ3n) is 2.24. The monoisotopic (exact) mass is 269 g/mol. The van der Waals surface area contributed by atoms with Crippen LogP contribution >= 0.6 is 22.7 Å². The summed E-state index contributed by atoms with van der Waals surface area (Å²) < 4.78 is 5.18. The van der Waals surface area contributed by atoms with Crippen molar-refractivity contribution in [3.05, 3.63) is 16.1 Å². The fraction of sp³-hybridized carbons (Fsp3) is 0.455. The summed E-state index contributed by atoms with van der Waals surface area (Å²) in [7, 11) is 1.68. The van der Waals surface area contributed by atoms with Crippen molar-refractivity contribution < 1.29 is 4.74 Å². The third-order valence-corrected chi connectivity index (χ3v) is 4.09. The van der Waals surface area contributed by atoms with Crippen LogP contribution in [0.25, 0.3) is 10.6 Å². The van der Waals surface area contributed by atoms with Gasteiger partial charge in [0.2, 0.25) is 0 Å². The van der Waals surface area contributed by atoms with Gasteiger partial charge in [-0.3, -0.25) is 0 Å². The van der Waals surface area contributed by atoms with Crippen molar-refractivity contribution >= 4 is 27.8 Å². The highest BCUT2D eigenvalue weighted by Crippen LogP contribution is 2.32. The maximum Gasteiger partial charge on any atom is 0.180 e. The van der Waals surface area contributed by atoms with Gasteiger partial charge in [-0.1, -0.05) is 6.92 Å². The van der Waals surface area contributed by atoms with Gasteiger partial charge in [0.1, 0.15) is 0 Å². The SMILES string of the molecule is CCCc1nc(COC)c(-c2csc(N)n2)s1. The van der Waals surface area contributed by atoms with E-state index in [4.69, 9.17) is 10.5 Å². The average Bonchev–Trinajstić information content (AvgIpc) is 2.86. The summed E-state index contributed by atoms with van der Waals surface area (Å²) in [5.41, 5.74) is 7.55. The van der Waals surface area contributed by atoms with Gasteiger partial charge in [0.05, 0.1) is 27.9 Å². The number of ether oxygens (including phenoxy) is 1. The summed E-state index contributed by atoms with van der Waals surface area (Å²) in [6.45, 7) is 2.67. The number of nitrogens with two attached hydrogens (primary N) is 1. The highest BCUT2D eigenvalue weighted by molar-refractivity contribution is 7.16. The quantitative estimate of drug-likeness (QED) is 0.906. The van der Waals surface area contributed by atoms with Gasteiger partial charge in [-0.15, -0.1) is 22.7 Å². The molecule has 0 aliphatic rings. The van der Waals surface area contributed by atoms with Crippen molar-refractivity contribution in [1.29, 1.82) is 0 Å². The van der Waals surface area contributed by atoms with Crippen LogP contribution in [0.1, 0.15) is 24.0 Å². The van der Waals surface area contributed by atoms with Gasteiger partial charge in [0, 0.05) is 12.5 Å². The van der Waals surface area contributed by atoms with E-state index < -0.39 is 0 Å². The lowest BCUT2D eigenvalue weighted by molar-refractivity contribution is 0.182. The van der Waals surface area contributed by atoms with Gasteiger partial charge in [-0.2, -0.15) is 0 Å². The molecule has 2 aromatic heterocycles. The smallest absolute Gasteiger partial charge is 0.180 e. The summed E-state index contributed by atoms with van der Waals surface area (Å²) in [4.78, 5) is 9.99. The Morgan fingerprint density at radius 3 is 2.82 bits per heavy atom. The molecular weight excluding hydrogens is 254 g/mol. The predicted molar refractivity (Wildman–Crippen MR) is 72.3 cm³/mol. The molecule has 2 N–H and O–H groups in total. The molecule has 0 bridgehead atoms. The summed E-state index contributed by atoms with van der Waals surface area (Å²) >= 11 is 3.14. The van der Waals surface area contributed by atoms with Crippen molar-refractivity contribution in [3.8, 4) is 10.6 Å². The normalized spacial score (nSPS) is 10.9. The minimum Gasteiger partial charge on any atom is -0.378 e. The number of aromatic nitrogens is 2. The van der Waals surface area contributed by atoms with Gasteiger partial charge < -0.3 is 10.5 Å². The number of methoxy groups -OCH3 is 1. The first-order valence-electron chi connectivity index (χ1n) is 5.43. The van der Waals surface area contributed by atoms with Crippen LogP contribution in [-0.2, 0) is 17.8 Å². The van der Waals surface area contributed by atoms with Crippen LogP contribution < -0.4 is 5.73 Å². The molecule has 17 heavy (non-hydrogen) atoms. The molecular formula is C11H15N3OS2. The van der Waals surface area contributed by atoms with E-state index >= 15 is 0 Å². The second-order valence-electron chi connectivity index (χ2n) is 3.64. The molecule has 0 unspecified atom stereocenters. The van der Waals surface area contributed by atoms with Crippen molar-refractivity contribution in [2.75, 3.05) is 12.8 Å². The van der Waals surface area contributed by atoms with E-state index in [0.717, 1.165) is 34.1 Å². The zero-order chi connectivity index (χ0) is 12.3. The second-order valence-corrected chi connectivity index (χ2v) is 5.61. The van der Waals surface area contributed by atoms with Crippen molar-refractivity contribution in [1.82, 2.24) is 9.97 Å². The molecule has 0 aliphatic heterocycles. The average molecular weight is 269 g/mol. The lowest BCUT2D eigenvalue weighted by atomic mass is 10.3. The van der Waals surface area contributed by atoms with Gasteiger partial charge >= 0.3 is 0 Å². The van der Waals surface area contributed by atoms with E-state index in [9.17, 15) is 0 Å². The Balaban J connectivity index is 2.36. The second kappa shape index (κ2) is 5.57. The van der Waals surface area contributed by atoms with Crippen molar-refractivity contribution in [2.45, 2.75) is 26.4 Å². The topological polar surface area (TPSA) is 61.0 Å². The number of nitrogen functional groups attached to an aromatic ring is 1. The first-order valence-corrected chi connectivity index (χ1v) is 7.13. The van der Waals surface area contributed by atoms with Crippen molar-refractivity contribution in [3.63, 3.8) is 0 Å². The summed E-state index contributed by atoms with van der Waals surface area (Å²) in [5.74, 6) is 0. The molecule has 0 atom stereocenters. The number of nitrogens with zero attached hydrogens (tertiary/aromatic N) is 2. The van der Waals surface area contributed by atoms with E-state index in [1.807, 2.05) is 5.38 Å². The lowest BCUT2D eigenvalue weighted by Crippen LogP contribution is -1.91. The Bertz CT molecular complexity index is 493. The Morgan fingerprint density at radius 1 is 1.41 bits per heavy atom. The fourth-order valence-corrected chi connectivity index (χ4v) is 3.31. The highest BCUT2D eigenvalue weighted by Gasteiger charge is 2.14. The third kappa shape index (κ3) is 2.83. The van der Waals surface area contributed by atoms with Crippen molar-refractivity contribution in [2.24, 2.45) is 0 Å². The van der Waals surface area contributed by atoms with E-state index in [-0.39, 0.29) is 0 Å². The minimum atomic E-state index is 0.521. The zero-order valence-corrected chi connectivity index (χ0v) is 11.5. The first-order chi connectivity index (χ1) is 8.24. The molecule has 0 radical (unpaired) electrons. The van der Waals surface area contributed by atoms with Crippen LogP contribution in [-0.4, -0.2) is 17.1 Å². The molecule has 0 fully saturated rings. The molecule has 2 heterocycles. The molecule has 4 nitrogen and oxygen atoms in total. The van der Waals surface area contributed by atoms with Gasteiger partial charge in [0.25, 0.3) is 0 Å². The number of hydrogen-bond acceptors (Lipinski definition) is 6. The van der Waals surface area contributed by atoms with Crippen LogP contribution in [0.15, 0.2) is 5.38 Å². The van der Waals surface area contributed by atoms with Crippen LogP contribution in [0.2, 0.25) is 0 Å². The Kier molecular flexibility index (Phi) is 4.09. The van der Waals surface area contributed by atoms with E-state index in [1.165, 1.54) is 11.3 Å². The predicted octanol–water partition coefficient (Wildman–Crippen LogP) is 2.95. The van der Waals surface area contributed by atoms with Crippen LogP contribution in [0.3, 0.4) is 0 Å². The number of anilines is 1. The van der Waals surface area contributed by atoms with E-state index in [1.54, 1.807) is 18.4 Å².